The van der Waals surface area contributed by atoms with E-state index in [9.17, 15) is 0 Å². The summed E-state index contributed by atoms with van der Waals surface area (Å²) < 4.78 is 6.84. The van der Waals surface area contributed by atoms with Gasteiger partial charge in [0.05, 0.1) is 22.7 Å². The number of aryl methyl sites for hydroxylation is 1. The van der Waals surface area contributed by atoms with Gasteiger partial charge < -0.3 is 9.64 Å². The van der Waals surface area contributed by atoms with Crippen LogP contribution in [-0.4, -0.2) is 13.7 Å². The summed E-state index contributed by atoms with van der Waals surface area (Å²) in [4.78, 5) is 8.71. The van der Waals surface area contributed by atoms with Crippen LogP contribution >= 0.6 is 20.7 Å². The number of rotatable bonds is 3. The van der Waals surface area contributed by atoms with Crippen LogP contribution < -0.4 is 14.3 Å². The van der Waals surface area contributed by atoms with E-state index >= 15 is 0 Å². The maximum Gasteiger partial charge on any atom is 0.135 e. The fraction of sp³-hybridized carbons (Fsp3) is 0.318. The average molecular weight is 397 g/mol. The number of anilines is 1. The monoisotopic (exact) mass is 396 g/mol. The van der Waals surface area contributed by atoms with Crippen molar-refractivity contribution < 1.29 is 4.74 Å². The normalized spacial score (nSPS) is 15.4. The topological polar surface area (TPSA) is 24.8 Å². The first-order valence-electron chi connectivity index (χ1n) is 9.18. The van der Waals surface area contributed by atoms with Gasteiger partial charge in [-0.15, -0.1) is 0 Å². The average Bonchev–Trinajstić information content (AvgIpc) is 3.07. The van der Waals surface area contributed by atoms with Crippen LogP contribution in [0, 0.1) is 6.92 Å². The van der Waals surface area contributed by atoms with Crippen LogP contribution in [0.4, 0.5) is 11.4 Å². The van der Waals surface area contributed by atoms with Crippen LogP contribution in [0.15, 0.2) is 47.5 Å². The van der Waals surface area contributed by atoms with Crippen molar-refractivity contribution in [2.75, 3.05) is 18.6 Å². The van der Waals surface area contributed by atoms with Crippen molar-refractivity contribution in [3.8, 4) is 16.9 Å². The lowest BCUT2D eigenvalue weighted by Crippen LogP contribution is -2.41. The van der Waals surface area contributed by atoms with E-state index in [4.69, 9.17) is 9.73 Å². The molecule has 0 atom stereocenters. The minimum atomic E-state index is -0.0879. The zero-order valence-electron chi connectivity index (χ0n) is 16.4. The highest BCUT2D eigenvalue weighted by Gasteiger charge is 2.38. The number of hydrogen-bond donors (Lipinski definition) is 0. The third-order valence-electron chi connectivity index (χ3n) is 5.21. The number of ether oxygens (including phenoxy) is 1. The molecule has 0 bridgehead atoms. The summed E-state index contributed by atoms with van der Waals surface area (Å²) in [6.45, 7) is 9.35. The lowest BCUT2D eigenvalue weighted by Gasteiger charge is -2.42. The molecule has 1 aliphatic rings. The molecule has 5 heteroatoms. The van der Waals surface area contributed by atoms with E-state index in [0.29, 0.717) is 6.61 Å². The molecule has 0 radical (unpaired) electrons. The summed E-state index contributed by atoms with van der Waals surface area (Å²) in [5, 5.41) is 0. The molecule has 0 aliphatic carbocycles. The minimum absolute atomic E-state index is 0.0879. The summed E-state index contributed by atoms with van der Waals surface area (Å²) >= 11 is 0. The molecule has 3 aromatic rings. The van der Waals surface area contributed by atoms with Gasteiger partial charge in [0, 0.05) is 29.9 Å². The third-order valence-corrected chi connectivity index (χ3v) is 7.85. The highest BCUT2D eigenvalue weighted by atomic mass is 32.9. The first kappa shape index (κ1) is 18.3. The van der Waals surface area contributed by atoms with E-state index in [2.05, 4.69) is 75.2 Å². The molecule has 1 aliphatic heterocycles. The Morgan fingerprint density at radius 3 is 2.52 bits per heavy atom. The van der Waals surface area contributed by atoms with Crippen LogP contribution in [-0.2, 0) is 5.54 Å². The van der Waals surface area contributed by atoms with E-state index in [1.165, 1.54) is 27.3 Å². The highest BCUT2D eigenvalue weighted by Crippen LogP contribution is 2.49. The van der Waals surface area contributed by atoms with Gasteiger partial charge in [0.25, 0.3) is 0 Å². The van der Waals surface area contributed by atoms with Crippen molar-refractivity contribution in [3.05, 3.63) is 57.6 Å². The molecule has 0 saturated carbocycles. The molecule has 2 aromatic carbocycles. The summed E-state index contributed by atoms with van der Waals surface area (Å²) in [6, 6.07) is 14.8. The van der Waals surface area contributed by atoms with Crippen LogP contribution in [0.25, 0.3) is 11.1 Å². The third kappa shape index (κ3) is 3.09. The quantitative estimate of drug-likeness (QED) is 0.500. The second-order valence-corrected chi connectivity index (χ2v) is 9.48. The van der Waals surface area contributed by atoms with E-state index in [1.807, 2.05) is 17.3 Å². The number of nitrogens with zero attached hydrogens (tertiary/aromatic N) is 2. The summed E-state index contributed by atoms with van der Waals surface area (Å²) in [6.07, 6.45) is 0. The zero-order valence-corrected chi connectivity index (χ0v) is 18.0. The van der Waals surface area contributed by atoms with Crippen molar-refractivity contribution in [2.24, 2.45) is 4.99 Å². The Kier molecular flexibility index (Phi) is 4.60. The minimum Gasteiger partial charge on any atom is -0.494 e. The molecule has 140 valence electrons. The van der Waals surface area contributed by atoms with Crippen LogP contribution in [0.5, 0.6) is 5.75 Å². The van der Waals surface area contributed by atoms with Crippen molar-refractivity contribution >= 4 is 32.1 Å². The second-order valence-electron chi connectivity index (χ2n) is 7.35. The molecule has 0 spiro atoms. The van der Waals surface area contributed by atoms with Crippen molar-refractivity contribution in [1.82, 2.24) is 0 Å². The molecular formula is C22H24N2OS2. The van der Waals surface area contributed by atoms with E-state index in [0.717, 1.165) is 16.1 Å². The smallest absolute Gasteiger partial charge is 0.135 e. The Morgan fingerprint density at radius 2 is 1.81 bits per heavy atom. The SMILES string of the molecule is CCOc1ccc2c(c1)N(C)C(C)(C)c1ssc(=Nc3ccc(C)cc3)c1-2. The molecule has 0 unspecified atom stereocenters. The largest absolute Gasteiger partial charge is 0.494 e. The predicted octanol–water partition coefficient (Wildman–Crippen LogP) is 6.10. The highest BCUT2D eigenvalue weighted by molar-refractivity contribution is 7.68. The molecule has 4 rings (SSSR count). The van der Waals surface area contributed by atoms with Gasteiger partial charge in [-0.2, -0.15) is 0 Å². The van der Waals surface area contributed by atoms with Gasteiger partial charge in [0.1, 0.15) is 10.4 Å². The molecule has 1 aromatic heterocycles. The Balaban J connectivity index is 1.94. The lowest BCUT2D eigenvalue weighted by molar-refractivity contribution is 0.340. The number of benzene rings is 2. The van der Waals surface area contributed by atoms with Gasteiger partial charge in [-0.05, 0) is 52.0 Å². The fourth-order valence-corrected chi connectivity index (χ4v) is 6.43. The maximum atomic E-state index is 5.75. The standard InChI is InChI=1S/C22H24N2OS2/c1-6-25-16-11-12-17-18(13-16)24(5)22(3,4)20-19(17)21(27-26-20)23-15-9-7-14(2)8-10-15/h7-13H,6H2,1-5H3. The first-order valence-corrected chi connectivity index (χ1v) is 11.3. The molecule has 0 amide bonds. The maximum absolute atomic E-state index is 5.75. The van der Waals surface area contributed by atoms with Crippen molar-refractivity contribution in [3.63, 3.8) is 0 Å². The first-order chi connectivity index (χ1) is 12.9. The fourth-order valence-electron chi connectivity index (χ4n) is 3.43. The Labute approximate surface area is 168 Å². The Bertz CT molecular complexity index is 1040. The molecular weight excluding hydrogens is 372 g/mol. The molecule has 0 saturated heterocycles. The second kappa shape index (κ2) is 6.80. The van der Waals surface area contributed by atoms with Gasteiger partial charge in [0.2, 0.25) is 0 Å². The Morgan fingerprint density at radius 1 is 1.07 bits per heavy atom. The lowest BCUT2D eigenvalue weighted by atomic mass is 9.88. The van der Waals surface area contributed by atoms with E-state index in [-0.39, 0.29) is 5.54 Å². The molecule has 3 nitrogen and oxygen atoms in total. The van der Waals surface area contributed by atoms with E-state index in [1.54, 1.807) is 10.3 Å². The van der Waals surface area contributed by atoms with E-state index < -0.39 is 0 Å². The summed E-state index contributed by atoms with van der Waals surface area (Å²) in [5.41, 5.74) is 5.87. The van der Waals surface area contributed by atoms with Gasteiger partial charge >= 0.3 is 0 Å². The number of hydrogen-bond acceptors (Lipinski definition) is 5. The molecule has 2 heterocycles. The van der Waals surface area contributed by atoms with Gasteiger partial charge in [-0.1, -0.05) is 38.4 Å². The molecule has 0 fully saturated rings. The van der Waals surface area contributed by atoms with Gasteiger partial charge in [-0.3, -0.25) is 0 Å². The van der Waals surface area contributed by atoms with Crippen LogP contribution in [0.1, 0.15) is 31.2 Å². The van der Waals surface area contributed by atoms with Crippen molar-refractivity contribution in [1.29, 1.82) is 0 Å². The summed E-state index contributed by atoms with van der Waals surface area (Å²) in [7, 11) is 5.77. The Hall–Kier alpha value is -2.11. The van der Waals surface area contributed by atoms with Crippen LogP contribution in [0.2, 0.25) is 0 Å². The van der Waals surface area contributed by atoms with Gasteiger partial charge in [-0.25, -0.2) is 4.99 Å². The summed E-state index contributed by atoms with van der Waals surface area (Å²) in [5.74, 6) is 0.915. The van der Waals surface area contributed by atoms with Crippen LogP contribution in [0.3, 0.4) is 0 Å². The molecule has 27 heavy (non-hydrogen) atoms. The zero-order chi connectivity index (χ0) is 19.2. The predicted molar refractivity (Wildman–Crippen MR) is 117 cm³/mol. The molecule has 0 N–H and O–H groups in total. The number of fused-ring (bicyclic) bond motifs is 3. The van der Waals surface area contributed by atoms with Crippen molar-refractivity contribution in [2.45, 2.75) is 33.2 Å². The van der Waals surface area contributed by atoms with Gasteiger partial charge in [0.15, 0.2) is 0 Å².